The topological polar surface area (TPSA) is 109 Å². The van der Waals surface area contributed by atoms with Crippen LogP contribution in [0.1, 0.15) is 19.3 Å². The van der Waals surface area contributed by atoms with Crippen LogP contribution in [0.25, 0.3) is 5.78 Å². The third kappa shape index (κ3) is 2.87. The number of fused-ring (bicyclic) bond motifs is 1. The number of nitrogens with two attached hydrogens (primary N) is 1. The van der Waals surface area contributed by atoms with E-state index in [1.165, 1.54) is 28.6 Å². The molecular weight excluding hydrogens is 292 g/mol. The minimum atomic E-state index is -0.326. The van der Waals surface area contributed by atoms with Crippen LogP contribution in [0.5, 0.6) is 0 Å². The van der Waals surface area contributed by atoms with E-state index in [0.29, 0.717) is 10.9 Å². The number of nitrogens with one attached hydrogen (secondary N) is 1. The van der Waals surface area contributed by atoms with Gasteiger partial charge in [0, 0.05) is 19.2 Å². The fraction of sp³-hybridized carbons (Fsp3) is 0.500. The van der Waals surface area contributed by atoms with E-state index >= 15 is 0 Å². The third-order valence-corrected chi connectivity index (χ3v) is 4.35. The van der Waals surface area contributed by atoms with Gasteiger partial charge in [-0.1, -0.05) is 11.8 Å². The monoisotopic (exact) mass is 308 g/mol. The van der Waals surface area contributed by atoms with Crippen LogP contribution in [-0.2, 0) is 4.79 Å². The van der Waals surface area contributed by atoms with Crippen molar-refractivity contribution >= 4 is 29.3 Å². The lowest BCUT2D eigenvalue weighted by Crippen LogP contribution is -2.36. The lowest BCUT2D eigenvalue weighted by molar-refractivity contribution is -0.129. The van der Waals surface area contributed by atoms with Crippen LogP contribution in [0.3, 0.4) is 0 Å². The first kappa shape index (κ1) is 13.9. The molecule has 1 saturated heterocycles. The van der Waals surface area contributed by atoms with Crippen LogP contribution in [0.4, 0.5) is 5.82 Å². The zero-order chi connectivity index (χ0) is 14.8. The highest BCUT2D eigenvalue weighted by atomic mass is 32.2. The van der Waals surface area contributed by atoms with Gasteiger partial charge in [0.05, 0.1) is 5.75 Å². The Kier molecular flexibility index (Phi) is 3.82. The third-order valence-electron chi connectivity index (χ3n) is 3.44. The molecule has 3 rings (SSSR count). The molecule has 2 aromatic heterocycles. The van der Waals surface area contributed by atoms with Gasteiger partial charge in [-0.3, -0.25) is 14.6 Å². The van der Waals surface area contributed by atoms with Gasteiger partial charge in [-0.2, -0.15) is 0 Å². The number of carbonyl (C=O) groups is 1. The van der Waals surface area contributed by atoms with Crippen LogP contribution in [-0.4, -0.2) is 49.2 Å². The molecule has 112 valence electrons. The number of aromatic amines is 1. The summed E-state index contributed by atoms with van der Waals surface area (Å²) < 4.78 is 1.54. The second kappa shape index (κ2) is 5.76. The van der Waals surface area contributed by atoms with E-state index < -0.39 is 0 Å². The van der Waals surface area contributed by atoms with Crippen molar-refractivity contribution in [3.8, 4) is 0 Å². The Labute approximate surface area is 124 Å². The van der Waals surface area contributed by atoms with Crippen molar-refractivity contribution in [1.82, 2.24) is 24.5 Å². The number of anilines is 1. The molecule has 2 aromatic rings. The molecule has 8 nitrogen and oxygen atoms in total. The van der Waals surface area contributed by atoms with E-state index in [-0.39, 0.29) is 23.1 Å². The van der Waals surface area contributed by atoms with Crippen LogP contribution in [0.15, 0.2) is 16.0 Å². The smallest absolute Gasteiger partial charge is 0.254 e. The number of hydrogen-bond donors (Lipinski definition) is 2. The largest absolute Gasteiger partial charge is 0.385 e. The minimum absolute atomic E-state index is 0.0967. The molecule has 1 fully saturated rings. The number of carbonyl (C=O) groups excluding carboxylic acids is 1. The lowest BCUT2D eigenvalue weighted by atomic mass is 10.1. The number of hydrogen-bond acceptors (Lipinski definition) is 6. The molecule has 0 aliphatic carbocycles. The average Bonchev–Trinajstić information content (AvgIpc) is 2.89. The number of thioether (sulfide) groups is 1. The summed E-state index contributed by atoms with van der Waals surface area (Å²) in [5.41, 5.74) is 5.48. The summed E-state index contributed by atoms with van der Waals surface area (Å²) in [6.45, 7) is 1.66. The van der Waals surface area contributed by atoms with E-state index in [4.69, 9.17) is 5.73 Å². The number of rotatable bonds is 3. The summed E-state index contributed by atoms with van der Waals surface area (Å²) in [6.07, 6.45) is 3.33. The average molecular weight is 308 g/mol. The summed E-state index contributed by atoms with van der Waals surface area (Å²) >= 11 is 1.27. The van der Waals surface area contributed by atoms with Gasteiger partial charge in [0.1, 0.15) is 5.82 Å². The molecule has 0 atom stereocenters. The van der Waals surface area contributed by atoms with Crippen LogP contribution < -0.4 is 11.3 Å². The molecule has 1 amide bonds. The van der Waals surface area contributed by atoms with Crippen molar-refractivity contribution in [3.63, 3.8) is 0 Å². The fourth-order valence-corrected chi connectivity index (χ4v) is 3.24. The highest BCUT2D eigenvalue weighted by Gasteiger charge is 2.18. The molecule has 1 aliphatic rings. The molecule has 0 radical (unpaired) electrons. The highest BCUT2D eigenvalue weighted by molar-refractivity contribution is 7.99. The van der Waals surface area contributed by atoms with Crippen molar-refractivity contribution in [2.24, 2.45) is 0 Å². The van der Waals surface area contributed by atoms with Gasteiger partial charge in [0.2, 0.25) is 11.7 Å². The summed E-state index contributed by atoms with van der Waals surface area (Å²) in [6, 6.07) is 1.27. The Morgan fingerprint density at radius 3 is 2.86 bits per heavy atom. The Balaban J connectivity index is 1.73. The molecule has 0 bridgehead atoms. The van der Waals surface area contributed by atoms with Crippen molar-refractivity contribution in [2.75, 3.05) is 24.6 Å². The van der Waals surface area contributed by atoms with E-state index in [9.17, 15) is 9.59 Å². The van der Waals surface area contributed by atoms with Crippen LogP contribution in [0.2, 0.25) is 0 Å². The molecule has 0 spiro atoms. The van der Waals surface area contributed by atoms with Gasteiger partial charge < -0.3 is 10.6 Å². The SMILES string of the molecule is Nc1cc(=O)[nH]c2nnc(SCC(=O)N3CCCCC3)n12. The maximum Gasteiger partial charge on any atom is 0.254 e. The minimum Gasteiger partial charge on any atom is -0.385 e. The maximum absolute atomic E-state index is 12.1. The van der Waals surface area contributed by atoms with Crippen LogP contribution in [0, 0.1) is 0 Å². The standard InChI is InChI=1S/C12H16N6O2S/c13-8-6-9(19)14-11-15-16-12(18(8)11)21-7-10(20)17-4-2-1-3-5-17/h6H,1-5,7,13H2,(H,14,15,19). The van der Waals surface area contributed by atoms with Crippen molar-refractivity contribution < 1.29 is 4.79 Å². The van der Waals surface area contributed by atoms with Gasteiger partial charge in [-0.05, 0) is 19.3 Å². The number of aromatic nitrogens is 4. The van der Waals surface area contributed by atoms with Crippen molar-refractivity contribution in [1.29, 1.82) is 0 Å². The predicted octanol–water partition coefficient (Wildman–Crippen LogP) is 0.104. The van der Waals surface area contributed by atoms with E-state index in [0.717, 1.165) is 25.9 Å². The van der Waals surface area contributed by atoms with Crippen LogP contribution >= 0.6 is 11.8 Å². The number of nitrogen functional groups attached to an aromatic ring is 1. The van der Waals surface area contributed by atoms with Crippen molar-refractivity contribution in [2.45, 2.75) is 24.4 Å². The predicted molar refractivity (Wildman–Crippen MR) is 79.2 cm³/mol. The Bertz CT molecular complexity index is 718. The molecule has 0 saturated carbocycles. The Hall–Kier alpha value is -2.03. The van der Waals surface area contributed by atoms with Gasteiger partial charge in [-0.25, -0.2) is 4.40 Å². The van der Waals surface area contributed by atoms with Gasteiger partial charge in [0.25, 0.3) is 5.56 Å². The highest BCUT2D eigenvalue weighted by Crippen LogP contribution is 2.19. The fourth-order valence-electron chi connectivity index (χ4n) is 2.38. The normalized spacial score (nSPS) is 15.5. The maximum atomic E-state index is 12.1. The lowest BCUT2D eigenvalue weighted by Gasteiger charge is -2.26. The van der Waals surface area contributed by atoms with E-state index in [1.807, 2.05) is 4.90 Å². The summed E-state index contributed by atoms with van der Waals surface area (Å²) in [5.74, 6) is 0.929. The number of piperidine rings is 1. The molecule has 1 aliphatic heterocycles. The zero-order valence-electron chi connectivity index (χ0n) is 11.4. The first-order valence-corrected chi connectivity index (χ1v) is 7.78. The molecule has 3 N–H and O–H groups in total. The summed E-state index contributed by atoms with van der Waals surface area (Å²) in [4.78, 5) is 27.9. The molecule has 0 unspecified atom stereocenters. The number of H-pyrrole nitrogens is 1. The van der Waals surface area contributed by atoms with Crippen molar-refractivity contribution in [3.05, 3.63) is 16.4 Å². The summed E-state index contributed by atoms with van der Waals surface area (Å²) in [7, 11) is 0. The molecule has 0 aromatic carbocycles. The van der Waals surface area contributed by atoms with Gasteiger partial charge in [0.15, 0.2) is 5.16 Å². The molecule has 3 heterocycles. The molecule has 9 heteroatoms. The number of amides is 1. The van der Waals surface area contributed by atoms with E-state index in [2.05, 4.69) is 15.2 Å². The van der Waals surface area contributed by atoms with Gasteiger partial charge >= 0.3 is 0 Å². The second-order valence-corrected chi connectivity index (χ2v) is 5.87. The van der Waals surface area contributed by atoms with E-state index in [1.54, 1.807) is 0 Å². The second-order valence-electron chi connectivity index (χ2n) is 4.93. The molecule has 21 heavy (non-hydrogen) atoms. The molecular formula is C12H16N6O2S. The first-order chi connectivity index (χ1) is 10.1. The first-order valence-electron chi connectivity index (χ1n) is 6.79. The zero-order valence-corrected chi connectivity index (χ0v) is 12.2. The number of nitrogens with zero attached hydrogens (tertiary/aromatic N) is 4. The van der Waals surface area contributed by atoms with Gasteiger partial charge in [-0.15, -0.1) is 10.2 Å². The number of likely N-dealkylation sites (tertiary alicyclic amines) is 1. The summed E-state index contributed by atoms with van der Waals surface area (Å²) in [5, 5.41) is 8.34. The Morgan fingerprint density at radius 2 is 2.10 bits per heavy atom. The Morgan fingerprint density at radius 1 is 1.33 bits per heavy atom. The quantitative estimate of drug-likeness (QED) is 0.779.